The Morgan fingerprint density at radius 2 is 1.74 bits per heavy atom. The second-order valence-electron chi connectivity index (χ2n) is 4.87. The molecule has 4 nitrogen and oxygen atoms in total. The van der Waals surface area contributed by atoms with Gasteiger partial charge < -0.3 is 4.74 Å². The van der Waals surface area contributed by atoms with Gasteiger partial charge in [0.25, 0.3) is 10.0 Å². The molecule has 0 aromatic heterocycles. The van der Waals surface area contributed by atoms with E-state index in [9.17, 15) is 17.2 Å². The van der Waals surface area contributed by atoms with Crippen molar-refractivity contribution in [2.75, 3.05) is 4.72 Å². The lowest BCUT2D eigenvalue weighted by Gasteiger charge is -2.13. The van der Waals surface area contributed by atoms with Crippen molar-refractivity contribution >= 4 is 15.7 Å². The molecule has 0 unspecified atom stereocenters. The van der Waals surface area contributed by atoms with E-state index in [1.807, 2.05) is 6.92 Å². The van der Waals surface area contributed by atoms with Gasteiger partial charge in [0.2, 0.25) is 0 Å². The number of benzene rings is 2. The van der Waals surface area contributed by atoms with E-state index >= 15 is 0 Å². The molecule has 0 fully saturated rings. The summed E-state index contributed by atoms with van der Waals surface area (Å²) in [7, 11) is -3.88. The minimum Gasteiger partial charge on any atom is -0.433 e. The molecule has 0 amide bonds. The molecule has 2 aromatic carbocycles. The van der Waals surface area contributed by atoms with E-state index in [1.54, 1.807) is 12.1 Å². The number of para-hydroxylation sites is 2. The van der Waals surface area contributed by atoms with Gasteiger partial charge in [-0.1, -0.05) is 37.6 Å². The molecule has 0 aliphatic heterocycles. The molecule has 2 aromatic rings. The first-order chi connectivity index (χ1) is 10.9. The number of anilines is 1. The molecule has 23 heavy (non-hydrogen) atoms. The number of nitrogens with one attached hydrogen (secondary N) is 1. The third-order valence-corrected chi connectivity index (χ3v) is 4.50. The third kappa shape index (κ3) is 4.66. The molecule has 0 atom stereocenters. The molecule has 0 heterocycles. The van der Waals surface area contributed by atoms with Crippen LogP contribution >= 0.6 is 0 Å². The number of aryl methyl sites for hydroxylation is 1. The number of hydrogen-bond donors (Lipinski definition) is 1. The lowest BCUT2D eigenvalue weighted by molar-refractivity contribution is -0.0493. The average molecular weight is 341 g/mol. The molecule has 0 saturated carbocycles. The molecule has 1 N–H and O–H groups in total. The Morgan fingerprint density at radius 1 is 1.09 bits per heavy atom. The van der Waals surface area contributed by atoms with E-state index < -0.39 is 16.6 Å². The smallest absolute Gasteiger partial charge is 0.387 e. The second-order valence-corrected chi connectivity index (χ2v) is 6.56. The Labute approximate surface area is 134 Å². The van der Waals surface area contributed by atoms with Crippen LogP contribution in [0.5, 0.6) is 5.75 Å². The summed E-state index contributed by atoms with van der Waals surface area (Å²) < 4.78 is 56.0. The van der Waals surface area contributed by atoms with Crippen LogP contribution in [0.15, 0.2) is 53.4 Å². The fourth-order valence-corrected chi connectivity index (χ4v) is 3.15. The Balaban J connectivity index is 2.24. The zero-order chi connectivity index (χ0) is 16.9. The Kier molecular flexibility index (Phi) is 5.54. The van der Waals surface area contributed by atoms with E-state index in [4.69, 9.17) is 0 Å². The van der Waals surface area contributed by atoms with E-state index in [2.05, 4.69) is 9.46 Å². The number of halogens is 2. The molecule has 0 saturated heterocycles. The molecular formula is C16H17F2NO3S. The van der Waals surface area contributed by atoms with Gasteiger partial charge in [-0.15, -0.1) is 0 Å². The molecule has 0 radical (unpaired) electrons. The van der Waals surface area contributed by atoms with E-state index in [-0.39, 0.29) is 16.3 Å². The van der Waals surface area contributed by atoms with E-state index in [1.165, 1.54) is 36.4 Å². The monoisotopic (exact) mass is 341 g/mol. The van der Waals surface area contributed by atoms with Gasteiger partial charge in [0.05, 0.1) is 10.6 Å². The van der Waals surface area contributed by atoms with Crippen molar-refractivity contribution in [3.8, 4) is 5.75 Å². The first-order valence-corrected chi connectivity index (χ1v) is 8.56. The van der Waals surface area contributed by atoms with Crippen molar-refractivity contribution in [2.24, 2.45) is 0 Å². The second kappa shape index (κ2) is 7.41. The van der Waals surface area contributed by atoms with Gasteiger partial charge in [0, 0.05) is 0 Å². The van der Waals surface area contributed by atoms with E-state index in [0.717, 1.165) is 18.4 Å². The maximum atomic E-state index is 12.4. The van der Waals surface area contributed by atoms with Crippen molar-refractivity contribution in [2.45, 2.75) is 31.3 Å². The van der Waals surface area contributed by atoms with Gasteiger partial charge in [-0.05, 0) is 36.2 Å². The normalized spacial score (nSPS) is 11.5. The molecule has 0 aliphatic rings. The first-order valence-electron chi connectivity index (χ1n) is 7.08. The maximum Gasteiger partial charge on any atom is 0.387 e. The average Bonchev–Trinajstić information content (AvgIpc) is 2.49. The SMILES string of the molecule is CCCc1ccc(S(=O)(=O)Nc2ccccc2OC(F)F)cc1. The highest BCUT2D eigenvalue weighted by molar-refractivity contribution is 7.92. The molecule has 0 aliphatic carbocycles. The lowest BCUT2D eigenvalue weighted by Crippen LogP contribution is -2.14. The molecule has 0 bridgehead atoms. The van der Waals surface area contributed by atoms with Gasteiger partial charge in [-0.3, -0.25) is 4.72 Å². The largest absolute Gasteiger partial charge is 0.433 e. The quantitative estimate of drug-likeness (QED) is 0.827. The Morgan fingerprint density at radius 3 is 2.35 bits per heavy atom. The fraction of sp³-hybridized carbons (Fsp3) is 0.250. The van der Waals surface area contributed by atoms with Gasteiger partial charge in [0.1, 0.15) is 5.75 Å². The summed E-state index contributed by atoms with van der Waals surface area (Å²) >= 11 is 0. The minimum atomic E-state index is -3.88. The topological polar surface area (TPSA) is 55.4 Å². The molecule has 0 spiro atoms. The third-order valence-electron chi connectivity index (χ3n) is 3.12. The van der Waals surface area contributed by atoms with Gasteiger partial charge in [-0.25, -0.2) is 8.42 Å². The zero-order valence-corrected chi connectivity index (χ0v) is 13.3. The predicted molar refractivity (Wildman–Crippen MR) is 84.3 cm³/mol. The number of ether oxygens (including phenoxy) is 1. The summed E-state index contributed by atoms with van der Waals surface area (Å²) in [5.74, 6) is -0.228. The number of hydrogen-bond acceptors (Lipinski definition) is 3. The van der Waals surface area contributed by atoms with Crippen molar-refractivity contribution < 1.29 is 21.9 Å². The van der Waals surface area contributed by atoms with Crippen molar-refractivity contribution in [1.82, 2.24) is 0 Å². The van der Waals surface area contributed by atoms with Crippen LogP contribution in [0.25, 0.3) is 0 Å². The minimum absolute atomic E-state index is 0.0366. The predicted octanol–water partition coefficient (Wildman–Crippen LogP) is 4.04. The van der Waals surface area contributed by atoms with E-state index in [0.29, 0.717) is 0 Å². The summed E-state index contributed by atoms with van der Waals surface area (Å²) in [6.07, 6.45) is 1.82. The van der Waals surface area contributed by atoms with Crippen LogP contribution in [0.1, 0.15) is 18.9 Å². The zero-order valence-electron chi connectivity index (χ0n) is 12.5. The van der Waals surface area contributed by atoms with Gasteiger partial charge in [-0.2, -0.15) is 8.78 Å². The number of sulfonamides is 1. The van der Waals surface area contributed by atoms with Gasteiger partial charge >= 0.3 is 6.61 Å². The van der Waals surface area contributed by atoms with Crippen molar-refractivity contribution in [1.29, 1.82) is 0 Å². The highest BCUT2D eigenvalue weighted by Gasteiger charge is 2.17. The van der Waals surface area contributed by atoms with Crippen LogP contribution in [0.3, 0.4) is 0 Å². The summed E-state index contributed by atoms with van der Waals surface area (Å²) in [6, 6.07) is 12.1. The summed E-state index contributed by atoms with van der Waals surface area (Å²) in [5, 5.41) is 0. The lowest BCUT2D eigenvalue weighted by atomic mass is 10.1. The fourth-order valence-electron chi connectivity index (χ4n) is 2.08. The standard InChI is InChI=1S/C16H17F2NO3S/c1-2-5-12-8-10-13(11-9-12)23(20,21)19-14-6-3-4-7-15(14)22-16(17)18/h3-4,6-11,16,19H,2,5H2,1H3. The summed E-state index contributed by atoms with van der Waals surface area (Å²) in [4.78, 5) is 0.0594. The van der Waals surface area contributed by atoms with Crippen LogP contribution in [-0.4, -0.2) is 15.0 Å². The molecule has 124 valence electrons. The van der Waals surface area contributed by atoms with Gasteiger partial charge in [0.15, 0.2) is 0 Å². The highest BCUT2D eigenvalue weighted by atomic mass is 32.2. The number of alkyl halides is 2. The molecular weight excluding hydrogens is 324 g/mol. The van der Waals surface area contributed by atoms with Crippen LogP contribution < -0.4 is 9.46 Å². The molecule has 7 heteroatoms. The van der Waals surface area contributed by atoms with Crippen molar-refractivity contribution in [3.05, 3.63) is 54.1 Å². The number of rotatable bonds is 7. The first kappa shape index (κ1) is 17.2. The summed E-state index contributed by atoms with van der Waals surface area (Å²) in [6.45, 7) is -0.999. The molecule has 2 rings (SSSR count). The summed E-state index contributed by atoms with van der Waals surface area (Å²) in [5.41, 5.74) is 0.998. The van der Waals surface area contributed by atoms with Crippen LogP contribution in [0.2, 0.25) is 0 Å². The Hall–Kier alpha value is -2.15. The maximum absolute atomic E-state index is 12.4. The highest BCUT2D eigenvalue weighted by Crippen LogP contribution is 2.28. The van der Waals surface area contributed by atoms with Crippen LogP contribution in [0, 0.1) is 0 Å². The van der Waals surface area contributed by atoms with Crippen molar-refractivity contribution in [3.63, 3.8) is 0 Å². The van der Waals surface area contributed by atoms with Crippen LogP contribution in [-0.2, 0) is 16.4 Å². The Bertz CT molecular complexity index is 746. The van der Waals surface area contributed by atoms with Crippen LogP contribution in [0.4, 0.5) is 14.5 Å².